The Labute approximate surface area is 192 Å². The van der Waals surface area contributed by atoms with E-state index in [0.717, 1.165) is 38.4 Å². The molecule has 3 aromatic carbocycles. The van der Waals surface area contributed by atoms with Gasteiger partial charge in [0.15, 0.2) is 0 Å². The highest BCUT2D eigenvalue weighted by Gasteiger charge is 2.16. The van der Waals surface area contributed by atoms with E-state index in [1.807, 2.05) is 71.1 Å². The summed E-state index contributed by atoms with van der Waals surface area (Å²) in [6.07, 6.45) is 0. The number of fused-ring (bicyclic) bond motifs is 4. The minimum atomic E-state index is -0.0851. The molecule has 160 valence electrons. The molecule has 0 radical (unpaired) electrons. The van der Waals surface area contributed by atoms with Crippen LogP contribution >= 0.6 is 11.8 Å². The lowest BCUT2D eigenvalue weighted by molar-refractivity contribution is 0.857. The standard InChI is InChI=1S/C25H18N6OS/c1-30-24(32)19-13-7-8-14-20(19)31-21(26-29-25(30)31)15-33-23-18-12-6-5-11-17(18)22(27-28-23)16-9-3-2-4-10-16/h2-14H,15H2,1H3. The van der Waals surface area contributed by atoms with Gasteiger partial charge in [-0.1, -0.05) is 78.5 Å². The molecular formula is C25H18N6OS. The number of para-hydroxylation sites is 1. The third kappa shape index (κ3) is 3.18. The van der Waals surface area contributed by atoms with Gasteiger partial charge in [0.25, 0.3) is 5.56 Å². The van der Waals surface area contributed by atoms with Gasteiger partial charge in [0.1, 0.15) is 16.5 Å². The van der Waals surface area contributed by atoms with Crippen LogP contribution < -0.4 is 5.56 Å². The molecule has 0 fully saturated rings. The summed E-state index contributed by atoms with van der Waals surface area (Å²) in [5.41, 5.74) is 2.61. The Hall–Kier alpha value is -4.04. The highest BCUT2D eigenvalue weighted by molar-refractivity contribution is 7.98. The molecule has 6 aromatic rings. The monoisotopic (exact) mass is 450 g/mol. The molecule has 3 heterocycles. The number of benzene rings is 3. The van der Waals surface area contributed by atoms with Crippen LogP contribution in [-0.4, -0.2) is 29.4 Å². The van der Waals surface area contributed by atoms with Gasteiger partial charge in [-0.05, 0) is 12.1 Å². The smallest absolute Gasteiger partial charge is 0.262 e. The molecule has 3 aromatic heterocycles. The molecule has 0 aliphatic rings. The van der Waals surface area contributed by atoms with E-state index in [0.29, 0.717) is 16.9 Å². The van der Waals surface area contributed by atoms with Crippen LogP contribution in [0.5, 0.6) is 0 Å². The number of hydrogen-bond acceptors (Lipinski definition) is 6. The third-order valence-corrected chi connectivity index (χ3v) is 6.71. The van der Waals surface area contributed by atoms with E-state index in [1.54, 1.807) is 18.8 Å². The fourth-order valence-corrected chi connectivity index (χ4v) is 5.00. The number of rotatable bonds is 4. The van der Waals surface area contributed by atoms with Crippen molar-refractivity contribution < 1.29 is 0 Å². The molecule has 6 rings (SSSR count). The molecule has 0 atom stereocenters. The summed E-state index contributed by atoms with van der Waals surface area (Å²) in [6.45, 7) is 0. The van der Waals surface area contributed by atoms with Crippen molar-refractivity contribution in [3.63, 3.8) is 0 Å². The second-order valence-electron chi connectivity index (χ2n) is 7.69. The highest BCUT2D eigenvalue weighted by atomic mass is 32.2. The Morgan fingerprint density at radius 3 is 2.27 bits per heavy atom. The van der Waals surface area contributed by atoms with Crippen LogP contribution in [0.2, 0.25) is 0 Å². The lowest BCUT2D eigenvalue weighted by Crippen LogP contribution is -2.20. The summed E-state index contributed by atoms with van der Waals surface area (Å²) in [5, 5.41) is 21.4. The molecule has 0 saturated carbocycles. The topological polar surface area (TPSA) is 78.0 Å². The van der Waals surface area contributed by atoms with E-state index in [-0.39, 0.29) is 5.56 Å². The summed E-state index contributed by atoms with van der Waals surface area (Å²) >= 11 is 1.56. The molecule has 0 aliphatic carbocycles. The van der Waals surface area contributed by atoms with Gasteiger partial charge >= 0.3 is 0 Å². The Balaban J connectivity index is 1.44. The predicted octanol–water partition coefficient (Wildman–Crippen LogP) is 4.48. The summed E-state index contributed by atoms with van der Waals surface area (Å²) in [4.78, 5) is 12.7. The summed E-state index contributed by atoms with van der Waals surface area (Å²) in [7, 11) is 1.72. The van der Waals surface area contributed by atoms with Gasteiger partial charge in [-0.3, -0.25) is 13.8 Å². The molecular weight excluding hydrogens is 432 g/mol. The zero-order valence-corrected chi connectivity index (χ0v) is 18.5. The van der Waals surface area contributed by atoms with E-state index in [9.17, 15) is 4.79 Å². The first-order valence-corrected chi connectivity index (χ1v) is 11.5. The van der Waals surface area contributed by atoms with Gasteiger partial charge in [0.2, 0.25) is 5.78 Å². The maximum atomic E-state index is 12.7. The van der Waals surface area contributed by atoms with Crippen LogP contribution in [0.25, 0.3) is 38.7 Å². The maximum Gasteiger partial charge on any atom is 0.262 e. The second-order valence-corrected chi connectivity index (χ2v) is 8.65. The summed E-state index contributed by atoms with van der Waals surface area (Å²) in [5.74, 6) is 1.80. The van der Waals surface area contributed by atoms with Crippen LogP contribution in [0, 0.1) is 0 Å². The molecule has 0 N–H and O–H groups in total. The fourth-order valence-electron chi connectivity index (χ4n) is 4.11. The van der Waals surface area contributed by atoms with Crippen LogP contribution in [0.4, 0.5) is 0 Å². The first-order chi connectivity index (χ1) is 16.2. The second kappa shape index (κ2) is 7.83. The summed E-state index contributed by atoms with van der Waals surface area (Å²) in [6, 6.07) is 25.8. The highest BCUT2D eigenvalue weighted by Crippen LogP contribution is 2.33. The zero-order chi connectivity index (χ0) is 22.4. The molecule has 7 nitrogen and oxygen atoms in total. The molecule has 33 heavy (non-hydrogen) atoms. The average molecular weight is 451 g/mol. The van der Waals surface area contributed by atoms with Crippen LogP contribution in [0.3, 0.4) is 0 Å². The zero-order valence-electron chi connectivity index (χ0n) is 17.7. The van der Waals surface area contributed by atoms with Gasteiger partial charge in [0, 0.05) is 23.4 Å². The number of aryl methyl sites for hydroxylation is 1. The third-order valence-electron chi connectivity index (χ3n) is 5.73. The minimum Gasteiger partial charge on any atom is -0.279 e. The Morgan fingerprint density at radius 2 is 1.45 bits per heavy atom. The van der Waals surface area contributed by atoms with Crippen molar-refractivity contribution in [2.45, 2.75) is 10.8 Å². The fraction of sp³-hybridized carbons (Fsp3) is 0.0800. The molecule has 8 heteroatoms. The van der Waals surface area contributed by atoms with Gasteiger partial charge < -0.3 is 0 Å². The van der Waals surface area contributed by atoms with Crippen molar-refractivity contribution in [1.82, 2.24) is 29.4 Å². The van der Waals surface area contributed by atoms with E-state index in [4.69, 9.17) is 0 Å². The quantitative estimate of drug-likeness (QED) is 0.369. The van der Waals surface area contributed by atoms with Gasteiger partial charge in [0.05, 0.1) is 16.7 Å². The molecule has 0 saturated heterocycles. The first-order valence-electron chi connectivity index (χ1n) is 10.5. The minimum absolute atomic E-state index is 0.0851. The van der Waals surface area contributed by atoms with Crippen molar-refractivity contribution in [3.05, 3.63) is 95.0 Å². The van der Waals surface area contributed by atoms with Crippen LogP contribution in [0.15, 0.2) is 88.7 Å². The van der Waals surface area contributed by atoms with E-state index < -0.39 is 0 Å². The largest absolute Gasteiger partial charge is 0.279 e. The van der Waals surface area contributed by atoms with Crippen molar-refractivity contribution in [2.24, 2.45) is 7.05 Å². The van der Waals surface area contributed by atoms with Crippen LogP contribution in [-0.2, 0) is 12.8 Å². The Bertz CT molecular complexity index is 1710. The number of nitrogens with zero attached hydrogens (tertiary/aromatic N) is 6. The van der Waals surface area contributed by atoms with Crippen LogP contribution in [0.1, 0.15) is 5.82 Å². The molecule has 0 unspecified atom stereocenters. The van der Waals surface area contributed by atoms with Crippen molar-refractivity contribution in [3.8, 4) is 11.3 Å². The van der Waals surface area contributed by atoms with Gasteiger partial charge in [-0.25, -0.2) is 0 Å². The van der Waals surface area contributed by atoms with E-state index in [2.05, 4.69) is 32.5 Å². The summed E-state index contributed by atoms with van der Waals surface area (Å²) < 4.78 is 3.48. The van der Waals surface area contributed by atoms with Crippen molar-refractivity contribution in [2.75, 3.05) is 0 Å². The van der Waals surface area contributed by atoms with E-state index >= 15 is 0 Å². The average Bonchev–Trinajstić information content (AvgIpc) is 3.30. The molecule has 0 amide bonds. The molecule has 0 spiro atoms. The lowest BCUT2D eigenvalue weighted by atomic mass is 10.1. The Morgan fingerprint density at radius 1 is 0.758 bits per heavy atom. The number of aromatic nitrogens is 6. The molecule has 0 aliphatic heterocycles. The maximum absolute atomic E-state index is 12.7. The first kappa shape index (κ1) is 19.6. The van der Waals surface area contributed by atoms with E-state index in [1.165, 1.54) is 4.57 Å². The van der Waals surface area contributed by atoms with Crippen molar-refractivity contribution in [1.29, 1.82) is 0 Å². The number of hydrogen-bond donors (Lipinski definition) is 0. The normalized spacial score (nSPS) is 11.5. The lowest BCUT2D eigenvalue weighted by Gasteiger charge is -2.10. The van der Waals surface area contributed by atoms with Gasteiger partial charge in [-0.15, -0.1) is 20.4 Å². The number of thioether (sulfide) groups is 1. The Kier molecular flexibility index (Phi) is 4.66. The van der Waals surface area contributed by atoms with Crippen molar-refractivity contribution >= 4 is 39.2 Å². The SMILES string of the molecule is Cn1c(=O)c2ccccc2n2c(CSc3nnc(-c4ccccc4)c4ccccc34)nnc12. The molecule has 0 bridgehead atoms. The predicted molar refractivity (Wildman–Crippen MR) is 130 cm³/mol. The van der Waals surface area contributed by atoms with Gasteiger partial charge in [-0.2, -0.15) is 0 Å².